The summed E-state index contributed by atoms with van der Waals surface area (Å²) in [6, 6.07) is 0. The number of nitrogen functional groups attached to an aromatic ring is 1. The lowest BCUT2D eigenvalue weighted by molar-refractivity contribution is 0.0945. The van der Waals surface area contributed by atoms with E-state index >= 15 is 0 Å². The van der Waals surface area contributed by atoms with E-state index in [2.05, 4.69) is 10.4 Å². The zero-order valence-electron chi connectivity index (χ0n) is 9.98. The molecule has 0 radical (unpaired) electrons. The van der Waals surface area contributed by atoms with Crippen LogP contribution in [0.4, 0.5) is 5.69 Å². The van der Waals surface area contributed by atoms with Gasteiger partial charge in [0.2, 0.25) is 0 Å². The highest BCUT2D eigenvalue weighted by molar-refractivity contribution is 7.99. The molecule has 3 N–H and O–H groups in total. The van der Waals surface area contributed by atoms with Crippen LogP contribution in [0.25, 0.3) is 0 Å². The summed E-state index contributed by atoms with van der Waals surface area (Å²) in [5.74, 6) is 1.07. The monoisotopic (exact) mass is 254 g/mol. The molecule has 0 aliphatic carbocycles. The fourth-order valence-electron chi connectivity index (χ4n) is 1.99. The Bertz CT molecular complexity index is 379. The molecule has 1 amide bonds. The van der Waals surface area contributed by atoms with Gasteiger partial charge in [-0.2, -0.15) is 16.9 Å². The lowest BCUT2D eigenvalue weighted by atomic mass is 10.2. The molecule has 0 spiro atoms. The van der Waals surface area contributed by atoms with Crippen molar-refractivity contribution in [2.24, 2.45) is 7.05 Å². The molecule has 0 bridgehead atoms. The van der Waals surface area contributed by atoms with Gasteiger partial charge in [-0.25, -0.2) is 0 Å². The van der Waals surface area contributed by atoms with Crippen LogP contribution < -0.4 is 11.1 Å². The van der Waals surface area contributed by atoms with Gasteiger partial charge in [0, 0.05) is 18.8 Å². The molecule has 1 saturated heterocycles. The first-order valence-electron chi connectivity index (χ1n) is 5.85. The molecule has 94 valence electrons. The van der Waals surface area contributed by atoms with E-state index in [4.69, 9.17) is 5.73 Å². The minimum absolute atomic E-state index is 0.131. The number of nitrogens with two attached hydrogens (primary N) is 1. The molecule has 1 unspecified atom stereocenters. The van der Waals surface area contributed by atoms with E-state index < -0.39 is 0 Å². The maximum Gasteiger partial charge on any atom is 0.271 e. The van der Waals surface area contributed by atoms with Crippen molar-refractivity contribution in [1.29, 1.82) is 0 Å². The number of carbonyl (C=O) groups is 1. The van der Waals surface area contributed by atoms with E-state index in [0.29, 0.717) is 23.2 Å². The van der Waals surface area contributed by atoms with Crippen molar-refractivity contribution >= 4 is 23.4 Å². The molecule has 0 aromatic carbocycles. The minimum atomic E-state index is -0.131. The number of carbonyl (C=O) groups excluding carboxylic acids is 1. The van der Waals surface area contributed by atoms with Crippen molar-refractivity contribution in [2.75, 3.05) is 18.0 Å². The van der Waals surface area contributed by atoms with Gasteiger partial charge in [0.05, 0.1) is 11.9 Å². The molecule has 5 nitrogen and oxygen atoms in total. The van der Waals surface area contributed by atoms with Gasteiger partial charge in [0.1, 0.15) is 5.69 Å². The molecule has 1 aromatic heterocycles. The van der Waals surface area contributed by atoms with Crippen LogP contribution in [0.15, 0.2) is 6.20 Å². The van der Waals surface area contributed by atoms with Gasteiger partial charge in [0.15, 0.2) is 0 Å². The van der Waals surface area contributed by atoms with Gasteiger partial charge in [-0.1, -0.05) is 6.42 Å². The molecule has 2 heterocycles. The third-order valence-corrected chi connectivity index (χ3v) is 4.34. The second-order valence-corrected chi connectivity index (χ2v) is 5.68. The summed E-state index contributed by atoms with van der Waals surface area (Å²) in [7, 11) is 1.72. The fourth-order valence-corrected chi connectivity index (χ4v) is 3.23. The van der Waals surface area contributed by atoms with Crippen LogP contribution in [0.2, 0.25) is 0 Å². The molecule has 6 heteroatoms. The number of rotatable bonds is 3. The molecule has 1 aliphatic heterocycles. The van der Waals surface area contributed by atoms with Crippen molar-refractivity contribution < 1.29 is 4.79 Å². The number of aromatic nitrogens is 2. The number of aryl methyl sites for hydroxylation is 1. The summed E-state index contributed by atoms with van der Waals surface area (Å²) in [6.45, 7) is 0.716. The molecule has 2 rings (SSSR count). The first-order chi connectivity index (χ1) is 8.18. The Morgan fingerprint density at radius 3 is 3.12 bits per heavy atom. The summed E-state index contributed by atoms with van der Waals surface area (Å²) >= 11 is 1.94. The van der Waals surface area contributed by atoms with Gasteiger partial charge < -0.3 is 11.1 Å². The predicted octanol–water partition coefficient (Wildman–Crippen LogP) is 1.02. The Hall–Kier alpha value is -1.17. The number of nitrogens with one attached hydrogen (secondary N) is 1. The summed E-state index contributed by atoms with van der Waals surface area (Å²) in [6.07, 6.45) is 5.25. The Kier molecular flexibility index (Phi) is 3.93. The molecule has 1 aliphatic rings. The average Bonchev–Trinajstić information content (AvgIpc) is 2.67. The summed E-state index contributed by atoms with van der Waals surface area (Å²) < 4.78 is 1.51. The maximum absolute atomic E-state index is 11.9. The number of hydrogen-bond donors (Lipinski definition) is 2. The molecule has 1 fully saturated rings. The van der Waals surface area contributed by atoms with Crippen molar-refractivity contribution in [1.82, 2.24) is 15.1 Å². The van der Waals surface area contributed by atoms with Gasteiger partial charge in [-0.05, 0) is 18.6 Å². The second kappa shape index (κ2) is 5.44. The SMILES string of the molecule is Cn1ncc(N)c1C(=O)NCC1CCCCS1. The highest BCUT2D eigenvalue weighted by Crippen LogP contribution is 2.24. The smallest absolute Gasteiger partial charge is 0.271 e. The Morgan fingerprint density at radius 1 is 1.71 bits per heavy atom. The molecule has 0 saturated carbocycles. The van der Waals surface area contributed by atoms with Crippen LogP contribution in [0.5, 0.6) is 0 Å². The standard InChI is InChI=1S/C11H18N4OS/c1-15-10(9(12)7-14-15)11(16)13-6-8-4-2-3-5-17-8/h7-8H,2-6,12H2,1H3,(H,13,16). The van der Waals surface area contributed by atoms with E-state index in [9.17, 15) is 4.79 Å². The quantitative estimate of drug-likeness (QED) is 0.844. The van der Waals surface area contributed by atoms with Gasteiger partial charge >= 0.3 is 0 Å². The van der Waals surface area contributed by atoms with E-state index in [1.807, 2.05) is 11.8 Å². The first kappa shape index (κ1) is 12.3. The lowest BCUT2D eigenvalue weighted by Crippen LogP contribution is -2.33. The minimum Gasteiger partial charge on any atom is -0.396 e. The number of thioether (sulfide) groups is 1. The highest BCUT2D eigenvalue weighted by atomic mass is 32.2. The van der Waals surface area contributed by atoms with Gasteiger partial charge in [0.25, 0.3) is 5.91 Å². The second-order valence-electron chi connectivity index (χ2n) is 4.27. The van der Waals surface area contributed by atoms with Crippen molar-refractivity contribution in [3.63, 3.8) is 0 Å². The van der Waals surface area contributed by atoms with Crippen molar-refractivity contribution in [3.05, 3.63) is 11.9 Å². The number of hydrogen-bond acceptors (Lipinski definition) is 4. The summed E-state index contributed by atoms with van der Waals surface area (Å²) in [5.41, 5.74) is 6.58. The third kappa shape index (κ3) is 2.94. The van der Waals surface area contributed by atoms with E-state index in [0.717, 1.165) is 0 Å². The number of anilines is 1. The number of nitrogens with zero attached hydrogens (tertiary/aromatic N) is 2. The molecule has 1 atom stereocenters. The Balaban J connectivity index is 1.89. The lowest BCUT2D eigenvalue weighted by Gasteiger charge is -2.21. The van der Waals surface area contributed by atoms with Crippen LogP contribution in [-0.4, -0.2) is 33.2 Å². The van der Waals surface area contributed by atoms with Gasteiger partial charge in [-0.15, -0.1) is 0 Å². The van der Waals surface area contributed by atoms with Crippen LogP contribution in [0.1, 0.15) is 29.8 Å². The van der Waals surface area contributed by atoms with E-state index in [1.165, 1.54) is 35.9 Å². The number of amides is 1. The van der Waals surface area contributed by atoms with Crippen molar-refractivity contribution in [2.45, 2.75) is 24.5 Å². The fraction of sp³-hybridized carbons (Fsp3) is 0.636. The molecular formula is C11H18N4OS. The predicted molar refractivity (Wildman–Crippen MR) is 70.1 cm³/mol. The largest absolute Gasteiger partial charge is 0.396 e. The Morgan fingerprint density at radius 2 is 2.53 bits per heavy atom. The summed E-state index contributed by atoms with van der Waals surface area (Å²) in [5, 5.41) is 7.44. The molecule has 17 heavy (non-hydrogen) atoms. The van der Waals surface area contributed by atoms with Crippen LogP contribution in [-0.2, 0) is 7.05 Å². The zero-order chi connectivity index (χ0) is 12.3. The summed E-state index contributed by atoms with van der Waals surface area (Å²) in [4.78, 5) is 11.9. The van der Waals surface area contributed by atoms with Crippen LogP contribution in [0.3, 0.4) is 0 Å². The highest BCUT2D eigenvalue weighted by Gasteiger charge is 2.18. The average molecular weight is 254 g/mol. The van der Waals surface area contributed by atoms with E-state index in [-0.39, 0.29) is 5.91 Å². The van der Waals surface area contributed by atoms with E-state index in [1.54, 1.807) is 7.05 Å². The molecule has 1 aromatic rings. The van der Waals surface area contributed by atoms with Crippen molar-refractivity contribution in [3.8, 4) is 0 Å². The van der Waals surface area contributed by atoms with Gasteiger partial charge in [-0.3, -0.25) is 9.48 Å². The van der Waals surface area contributed by atoms with Crippen LogP contribution >= 0.6 is 11.8 Å². The molecular weight excluding hydrogens is 236 g/mol. The van der Waals surface area contributed by atoms with Crippen LogP contribution in [0, 0.1) is 0 Å². The maximum atomic E-state index is 11.9. The zero-order valence-corrected chi connectivity index (χ0v) is 10.8. The normalized spacial score (nSPS) is 20.2. The third-order valence-electron chi connectivity index (χ3n) is 2.95. The first-order valence-corrected chi connectivity index (χ1v) is 6.90. The Labute approximate surface area is 105 Å². The topological polar surface area (TPSA) is 72.9 Å².